The summed E-state index contributed by atoms with van der Waals surface area (Å²) < 4.78 is 0. The van der Waals surface area contributed by atoms with Crippen molar-refractivity contribution in [1.29, 1.82) is 0 Å². The number of hydrogen-bond acceptors (Lipinski definition) is 2. The van der Waals surface area contributed by atoms with Crippen LogP contribution in [0, 0.1) is 0 Å². The summed E-state index contributed by atoms with van der Waals surface area (Å²) in [6, 6.07) is 15.5. The van der Waals surface area contributed by atoms with Crippen molar-refractivity contribution in [3.05, 3.63) is 65.4 Å². The van der Waals surface area contributed by atoms with Gasteiger partial charge in [0.05, 0.1) is 5.69 Å². The summed E-state index contributed by atoms with van der Waals surface area (Å²) in [5.74, 6) is -0.625. The minimum atomic E-state index is -1.20. The van der Waals surface area contributed by atoms with Gasteiger partial charge in [0.2, 0.25) is 5.91 Å². The summed E-state index contributed by atoms with van der Waals surface area (Å²) in [5, 5.41) is 4.05. The number of fused-ring (bicyclic) bond motifs is 6. The summed E-state index contributed by atoms with van der Waals surface area (Å²) in [7, 11) is 0. The number of nitrogens with one attached hydrogen (secondary N) is 2. The third-order valence-electron chi connectivity index (χ3n) is 5.47. The predicted molar refractivity (Wildman–Crippen MR) is 100 cm³/mol. The van der Waals surface area contributed by atoms with E-state index in [1.54, 1.807) is 4.90 Å². The van der Waals surface area contributed by atoms with Gasteiger partial charge in [0.15, 0.2) is 5.54 Å². The van der Waals surface area contributed by atoms with Crippen LogP contribution in [0.3, 0.4) is 0 Å². The van der Waals surface area contributed by atoms with E-state index in [9.17, 15) is 9.59 Å². The molecule has 2 amide bonds. The molecular formula is C20H16ClN3O2. The summed E-state index contributed by atoms with van der Waals surface area (Å²) in [6.07, 6.45) is 0.680. The van der Waals surface area contributed by atoms with Crippen molar-refractivity contribution < 1.29 is 9.59 Å². The second kappa shape index (κ2) is 5.35. The van der Waals surface area contributed by atoms with Crippen LogP contribution in [0.25, 0.3) is 10.9 Å². The summed E-state index contributed by atoms with van der Waals surface area (Å²) in [5.41, 5.74) is 3.15. The number of carbonyl (C=O) groups excluding carboxylic acids is 2. The molecule has 0 aliphatic carbocycles. The van der Waals surface area contributed by atoms with E-state index in [4.69, 9.17) is 11.6 Å². The number of carbonyl (C=O) groups is 2. The van der Waals surface area contributed by atoms with Crippen LogP contribution in [0.4, 0.5) is 5.69 Å². The zero-order chi connectivity index (χ0) is 17.9. The summed E-state index contributed by atoms with van der Waals surface area (Å²) in [4.78, 5) is 31.1. The maximum atomic E-state index is 13.3. The van der Waals surface area contributed by atoms with E-state index in [2.05, 4.69) is 16.4 Å². The second-order valence-corrected chi connectivity index (χ2v) is 6.93. The van der Waals surface area contributed by atoms with Crippen molar-refractivity contribution in [2.24, 2.45) is 0 Å². The number of anilines is 1. The Bertz CT molecular complexity index is 1070. The number of aromatic amines is 1. The number of amides is 2. The predicted octanol–water partition coefficient (Wildman–Crippen LogP) is 2.99. The minimum Gasteiger partial charge on any atom is -0.355 e. The molecule has 0 bridgehead atoms. The third kappa shape index (κ3) is 1.76. The molecule has 2 aliphatic rings. The number of para-hydroxylation sites is 2. The quantitative estimate of drug-likeness (QED) is 0.651. The highest BCUT2D eigenvalue weighted by molar-refractivity contribution is 6.27. The average molecular weight is 366 g/mol. The van der Waals surface area contributed by atoms with Crippen molar-refractivity contribution in [2.45, 2.75) is 12.0 Å². The lowest BCUT2D eigenvalue weighted by atomic mass is 9.80. The number of alkyl halides is 1. The van der Waals surface area contributed by atoms with Gasteiger partial charge in [-0.2, -0.15) is 0 Å². The molecule has 0 saturated carbocycles. The molecule has 1 atom stereocenters. The number of H-pyrrole nitrogens is 1. The van der Waals surface area contributed by atoms with Crippen LogP contribution in [0.5, 0.6) is 0 Å². The Labute approximate surface area is 154 Å². The monoisotopic (exact) mass is 365 g/mol. The number of nitrogens with zero attached hydrogens (tertiary/aromatic N) is 1. The lowest BCUT2D eigenvalue weighted by molar-refractivity contribution is -0.142. The maximum Gasteiger partial charge on any atom is 0.261 e. The highest BCUT2D eigenvalue weighted by Crippen LogP contribution is 2.49. The van der Waals surface area contributed by atoms with Gasteiger partial charge in [-0.3, -0.25) is 9.59 Å². The molecule has 2 aromatic carbocycles. The van der Waals surface area contributed by atoms with E-state index in [0.717, 1.165) is 33.4 Å². The Hall–Kier alpha value is -2.79. The first-order valence-electron chi connectivity index (χ1n) is 8.55. The fraction of sp³-hybridized carbons (Fsp3) is 0.200. The van der Waals surface area contributed by atoms with Crippen LogP contribution < -0.4 is 5.32 Å². The number of rotatable bonds is 1. The van der Waals surface area contributed by atoms with Gasteiger partial charge < -0.3 is 15.2 Å². The minimum absolute atomic E-state index is 0.160. The van der Waals surface area contributed by atoms with Gasteiger partial charge in [-0.15, -0.1) is 11.6 Å². The molecule has 3 aromatic rings. The van der Waals surface area contributed by atoms with E-state index >= 15 is 0 Å². The first-order chi connectivity index (χ1) is 12.7. The Balaban J connectivity index is 1.88. The van der Waals surface area contributed by atoms with Crippen LogP contribution in [0.15, 0.2) is 48.5 Å². The van der Waals surface area contributed by atoms with Crippen LogP contribution in [-0.2, 0) is 21.5 Å². The lowest BCUT2D eigenvalue weighted by Crippen LogP contribution is -2.58. The molecule has 130 valence electrons. The van der Waals surface area contributed by atoms with Crippen LogP contribution in [0.1, 0.15) is 16.8 Å². The molecule has 1 spiro atoms. The zero-order valence-electron chi connectivity index (χ0n) is 13.9. The van der Waals surface area contributed by atoms with E-state index in [1.807, 2.05) is 42.5 Å². The van der Waals surface area contributed by atoms with Crippen molar-refractivity contribution in [1.82, 2.24) is 9.88 Å². The maximum absolute atomic E-state index is 13.3. The van der Waals surface area contributed by atoms with E-state index in [1.165, 1.54) is 0 Å². The topological polar surface area (TPSA) is 65.2 Å². The Kier molecular flexibility index (Phi) is 3.18. The molecule has 5 rings (SSSR count). The molecule has 3 heterocycles. The molecule has 2 aliphatic heterocycles. The van der Waals surface area contributed by atoms with Crippen molar-refractivity contribution >= 4 is 40.0 Å². The molecule has 26 heavy (non-hydrogen) atoms. The van der Waals surface area contributed by atoms with Gasteiger partial charge in [0, 0.05) is 28.7 Å². The van der Waals surface area contributed by atoms with Gasteiger partial charge in [-0.05, 0) is 24.1 Å². The van der Waals surface area contributed by atoms with Crippen LogP contribution in [0.2, 0.25) is 0 Å². The van der Waals surface area contributed by atoms with Gasteiger partial charge in [-0.25, -0.2) is 0 Å². The molecule has 5 nitrogen and oxygen atoms in total. The fourth-order valence-corrected chi connectivity index (χ4v) is 4.58. The van der Waals surface area contributed by atoms with Gasteiger partial charge in [0.25, 0.3) is 5.91 Å². The summed E-state index contributed by atoms with van der Waals surface area (Å²) in [6.45, 7) is 0.447. The molecular weight excluding hydrogens is 350 g/mol. The first kappa shape index (κ1) is 15.5. The van der Waals surface area contributed by atoms with Crippen LogP contribution in [-0.4, -0.2) is 34.1 Å². The highest BCUT2D eigenvalue weighted by atomic mass is 35.5. The normalized spacial score (nSPS) is 21.0. The van der Waals surface area contributed by atoms with E-state index in [0.29, 0.717) is 13.0 Å². The zero-order valence-corrected chi connectivity index (χ0v) is 14.6. The SMILES string of the molecule is O=C(CCl)N1CCc2c([nH]c3ccccc23)[C@]12C(=O)Nc1ccccc12. The molecule has 0 fully saturated rings. The smallest absolute Gasteiger partial charge is 0.261 e. The largest absolute Gasteiger partial charge is 0.355 e. The molecule has 0 radical (unpaired) electrons. The Morgan fingerprint density at radius 2 is 1.92 bits per heavy atom. The number of benzene rings is 2. The van der Waals surface area contributed by atoms with E-state index < -0.39 is 5.54 Å². The van der Waals surface area contributed by atoms with Crippen molar-refractivity contribution in [2.75, 3.05) is 17.7 Å². The standard InChI is InChI=1S/C20H16ClN3O2/c21-11-17(25)24-10-9-13-12-5-1-3-7-15(12)22-18(13)20(24)14-6-2-4-8-16(14)23-19(20)26/h1-8,22H,9-11H2,(H,23,26)/t20-/m1/s1. The molecule has 2 N–H and O–H groups in total. The third-order valence-corrected chi connectivity index (χ3v) is 5.70. The van der Waals surface area contributed by atoms with E-state index in [-0.39, 0.29) is 17.7 Å². The highest BCUT2D eigenvalue weighted by Gasteiger charge is 2.57. The van der Waals surface area contributed by atoms with Crippen molar-refractivity contribution in [3.8, 4) is 0 Å². The van der Waals surface area contributed by atoms with Crippen LogP contribution >= 0.6 is 11.6 Å². The molecule has 6 heteroatoms. The summed E-state index contributed by atoms with van der Waals surface area (Å²) >= 11 is 5.89. The number of hydrogen-bond donors (Lipinski definition) is 2. The molecule has 1 aromatic heterocycles. The first-order valence-corrected chi connectivity index (χ1v) is 9.09. The van der Waals surface area contributed by atoms with Gasteiger partial charge >= 0.3 is 0 Å². The van der Waals surface area contributed by atoms with Crippen molar-refractivity contribution in [3.63, 3.8) is 0 Å². The Morgan fingerprint density at radius 1 is 1.15 bits per heavy atom. The molecule has 0 saturated heterocycles. The number of halogens is 1. The average Bonchev–Trinajstić information content (AvgIpc) is 3.19. The second-order valence-electron chi connectivity index (χ2n) is 6.66. The number of aromatic nitrogens is 1. The van der Waals surface area contributed by atoms with Gasteiger partial charge in [0.1, 0.15) is 5.88 Å². The fourth-order valence-electron chi connectivity index (χ4n) is 4.44. The molecule has 0 unspecified atom stereocenters. The van der Waals surface area contributed by atoms with Gasteiger partial charge in [-0.1, -0.05) is 36.4 Å². The lowest BCUT2D eigenvalue weighted by Gasteiger charge is -2.42. The Morgan fingerprint density at radius 3 is 2.77 bits per heavy atom.